The molecule has 0 aromatic carbocycles. The molecule has 8 N–H and O–H groups in total. The van der Waals surface area contributed by atoms with Crippen LogP contribution in [0.4, 0.5) is 0 Å². The zero-order chi connectivity index (χ0) is 7.15. The molecule has 0 radical (unpaired) electrons. The zero-order valence-corrected chi connectivity index (χ0v) is 12.7. The molecule has 14 heteroatoms. The molecule has 0 aromatic rings. The van der Waals surface area contributed by atoms with Gasteiger partial charge in [0.15, 0.2) is 0 Å². The van der Waals surface area contributed by atoms with Gasteiger partial charge in [-0.2, -0.15) is 0 Å². The van der Waals surface area contributed by atoms with E-state index in [-0.39, 0.29) is 81.0 Å². The van der Waals surface area contributed by atoms with E-state index in [1.165, 1.54) is 0 Å². The normalized spacial score (nSPS) is 5.14. The maximum Gasteiger partial charge on any atom is 1.00 e. The Kier molecular flexibility index (Phi) is 182. The van der Waals surface area contributed by atoms with E-state index in [2.05, 4.69) is 0 Å². The minimum absolute atomic E-state index is 0. The predicted octanol–water partition coefficient (Wildman–Crippen LogP) is -16.4. The van der Waals surface area contributed by atoms with E-state index in [9.17, 15) is 0 Å². The summed E-state index contributed by atoms with van der Waals surface area (Å²) in [5.41, 5.74) is 0. The first-order valence-corrected chi connectivity index (χ1v) is 2.78. The van der Waals surface area contributed by atoms with Gasteiger partial charge in [0.05, 0.1) is 21.6 Å². The van der Waals surface area contributed by atoms with Crippen LogP contribution in [0.3, 0.4) is 0 Å². The molecule has 0 unspecified atom stereocenters. The van der Waals surface area contributed by atoms with Gasteiger partial charge in [-0.25, -0.2) is 0 Å². The number of hydrogen-bond acceptors (Lipinski definition) is 6. The van der Waals surface area contributed by atoms with Crippen molar-refractivity contribution in [3.05, 3.63) is 0 Å². The summed E-state index contributed by atoms with van der Waals surface area (Å²) in [4.78, 5) is 0. The summed E-state index contributed by atoms with van der Waals surface area (Å²) in [6, 6.07) is 0. The minimum atomic E-state index is -2.85. The molecule has 0 fully saturated rings. The first-order chi connectivity index (χ1) is 3.46. The third kappa shape index (κ3) is 518. The molecule has 0 bridgehead atoms. The predicted molar refractivity (Wildman–Crippen MR) is 14.5 cm³/mol. The third-order valence-electron chi connectivity index (χ3n) is 0. The molecule has 0 saturated heterocycles. The van der Waals surface area contributed by atoms with Crippen molar-refractivity contribution in [2.24, 2.45) is 0 Å². The van der Waals surface area contributed by atoms with E-state index in [1.54, 1.807) is 0 Å². The Morgan fingerprint density at radius 3 is 0.429 bits per heavy atom. The molecule has 0 aliphatic heterocycles. The van der Waals surface area contributed by atoms with Crippen molar-refractivity contribution >= 4 is 0 Å². The van der Waals surface area contributed by atoms with Gasteiger partial charge in [0.25, 0.3) is 0 Å². The first-order valence-electron chi connectivity index (χ1n) is 0.926. The van der Waals surface area contributed by atoms with Crippen LogP contribution in [0.15, 0.2) is 0 Å². The fourth-order valence-corrected chi connectivity index (χ4v) is 0. The molecule has 0 atom stereocenters. The molecular formula is H8Cl2Na2O10. The number of halogens is 2. The van der Waals surface area contributed by atoms with E-state index >= 15 is 0 Å². The maximum absolute atomic E-state index is 8.41. The summed E-state index contributed by atoms with van der Waals surface area (Å²) in [5.74, 6) is 0. The van der Waals surface area contributed by atoms with Crippen molar-refractivity contribution in [1.82, 2.24) is 0 Å². The van der Waals surface area contributed by atoms with Crippen LogP contribution >= 0.6 is 0 Å². The van der Waals surface area contributed by atoms with Crippen LogP contribution in [0.25, 0.3) is 0 Å². The summed E-state index contributed by atoms with van der Waals surface area (Å²) >= 11 is 0. The van der Waals surface area contributed by atoms with E-state index < -0.39 is 21.6 Å². The van der Waals surface area contributed by atoms with Gasteiger partial charge in [0, 0.05) is 0 Å². The van der Waals surface area contributed by atoms with Crippen LogP contribution in [-0.2, 0) is 0 Å². The van der Waals surface area contributed by atoms with Crippen LogP contribution in [-0.4, -0.2) is 21.9 Å². The SMILES string of the molecule is O.O.O.O.[Na+].[Na+].[O-][Cl+2]([O-])[O-].[O-][Cl+2]([O-])[O-]. The van der Waals surface area contributed by atoms with Crippen LogP contribution < -0.4 is 87.1 Å². The van der Waals surface area contributed by atoms with Crippen molar-refractivity contribution < 1.29 is 131 Å². The third-order valence-corrected chi connectivity index (χ3v) is 0. The standard InChI is InChI=1S/2ClO3.2Na.4H2O/c2*2-1(3)4;;;;;;/h;;;;4*1H2/q2*-1;2*+1;;;;. The summed E-state index contributed by atoms with van der Waals surface area (Å²) in [5, 5.41) is 0. The second-order valence-electron chi connectivity index (χ2n) is 0.378. The van der Waals surface area contributed by atoms with Crippen molar-refractivity contribution in [3.8, 4) is 0 Å². The Morgan fingerprint density at radius 2 is 0.429 bits per heavy atom. The quantitative estimate of drug-likeness (QED) is 0.389. The Balaban J connectivity index is -0.00000000600. The molecule has 0 aliphatic carbocycles. The fourth-order valence-electron chi connectivity index (χ4n) is 0. The topological polar surface area (TPSA) is 264 Å². The average molecular weight is 285 g/mol. The fraction of sp³-hybridized carbons (Fsp3) is 0. The van der Waals surface area contributed by atoms with E-state index in [1.807, 2.05) is 0 Å². The number of rotatable bonds is 0. The van der Waals surface area contributed by atoms with E-state index in [0.717, 1.165) is 0 Å². The second-order valence-corrected chi connectivity index (χ2v) is 1.13. The molecule has 0 saturated carbocycles. The summed E-state index contributed by atoms with van der Waals surface area (Å²) in [7, 11) is -5.70. The smallest absolute Gasteiger partial charge is 0.412 e. The molecule has 0 rings (SSSR count). The van der Waals surface area contributed by atoms with Gasteiger partial charge >= 0.3 is 59.1 Å². The molecule has 84 valence electrons. The molecule has 0 aromatic heterocycles. The van der Waals surface area contributed by atoms with Gasteiger partial charge in [0.2, 0.25) is 0 Å². The average Bonchev–Trinajstić information content (AvgIpc) is 1.25. The molecule has 0 spiro atoms. The van der Waals surface area contributed by atoms with Crippen LogP contribution in [0.5, 0.6) is 0 Å². The summed E-state index contributed by atoms with van der Waals surface area (Å²) in [6.07, 6.45) is 0. The molecular weight excluding hydrogens is 277 g/mol. The molecule has 10 nitrogen and oxygen atoms in total. The van der Waals surface area contributed by atoms with Crippen LogP contribution in [0.1, 0.15) is 0 Å². The second kappa shape index (κ2) is 45.6. The maximum atomic E-state index is 8.41. The Hall–Kier alpha value is 2.18. The minimum Gasteiger partial charge on any atom is -0.412 e. The monoisotopic (exact) mass is 284 g/mol. The van der Waals surface area contributed by atoms with Gasteiger partial charge in [-0.1, -0.05) is 0 Å². The van der Waals surface area contributed by atoms with Gasteiger partial charge in [0.1, 0.15) is 0 Å². The van der Waals surface area contributed by atoms with Gasteiger partial charge in [-0.05, 0) is 0 Å². The van der Waals surface area contributed by atoms with Crippen molar-refractivity contribution in [1.29, 1.82) is 0 Å². The molecule has 0 amide bonds. The van der Waals surface area contributed by atoms with Crippen LogP contribution in [0.2, 0.25) is 0 Å². The summed E-state index contributed by atoms with van der Waals surface area (Å²) < 4.78 is 50.4. The van der Waals surface area contributed by atoms with Gasteiger partial charge in [-0.3, -0.25) is 0 Å². The molecule has 0 heterocycles. The largest absolute Gasteiger partial charge is 1.00 e. The molecule has 0 aliphatic rings. The van der Waals surface area contributed by atoms with Crippen LogP contribution in [0, 0.1) is 21.6 Å². The van der Waals surface area contributed by atoms with E-state index in [0.29, 0.717) is 0 Å². The molecule has 14 heavy (non-hydrogen) atoms. The Bertz CT molecular complexity index is 31.6. The summed E-state index contributed by atoms with van der Waals surface area (Å²) in [6.45, 7) is 0. The van der Waals surface area contributed by atoms with Crippen molar-refractivity contribution in [2.75, 3.05) is 0 Å². The van der Waals surface area contributed by atoms with Crippen molar-refractivity contribution in [3.63, 3.8) is 0 Å². The van der Waals surface area contributed by atoms with Crippen molar-refractivity contribution in [2.45, 2.75) is 0 Å². The first kappa shape index (κ1) is 55.7. The van der Waals surface area contributed by atoms with Gasteiger partial charge < -0.3 is 49.9 Å². The number of hydrogen-bond donors (Lipinski definition) is 0. The van der Waals surface area contributed by atoms with E-state index in [4.69, 9.17) is 28.0 Å². The van der Waals surface area contributed by atoms with Gasteiger partial charge in [-0.15, -0.1) is 0 Å². The Morgan fingerprint density at radius 1 is 0.429 bits per heavy atom. The Labute approximate surface area is 129 Å². The zero-order valence-electron chi connectivity index (χ0n) is 7.21.